The van der Waals surface area contributed by atoms with Crippen molar-refractivity contribution in [3.05, 3.63) is 58.7 Å². The van der Waals surface area contributed by atoms with Gasteiger partial charge in [0.15, 0.2) is 10.9 Å². The summed E-state index contributed by atoms with van der Waals surface area (Å²) in [4.78, 5) is 21.9. The van der Waals surface area contributed by atoms with Gasteiger partial charge in [0.05, 0.1) is 17.9 Å². The standard InChI is InChI=1S/C24H25F2N3O2S/c25-19-14-20(26)22-21(15-19)32-24(27-22)29(8-7-28-9-11-31-12-10-28)23(30)18-6-5-16-3-1-2-4-17(16)13-18/h5-6,13-15H,1-4,7-12H2. The fraction of sp³-hybridized carbons (Fsp3) is 0.417. The molecule has 1 aliphatic carbocycles. The predicted octanol–water partition coefficient (Wildman–Crippen LogP) is 4.43. The maximum absolute atomic E-state index is 14.3. The van der Waals surface area contributed by atoms with Crippen molar-refractivity contribution in [2.75, 3.05) is 44.3 Å². The molecular weight excluding hydrogens is 432 g/mol. The summed E-state index contributed by atoms with van der Waals surface area (Å²) in [6.45, 7) is 4.03. The van der Waals surface area contributed by atoms with Gasteiger partial charge in [-0.15, -0.1) is 0 Å². The molecule has 1 saturated heterocycles. The van der Waals surface area contributed by atoms with Gasteiger partial charge in [0.25, 0.3) is 5.91 Å². The number of hydrogen-bond acceptors (Lipinski definition) is 5. The third kappa shape index (κ3) is 4.40. The molecule has 5 nitrogen and oxygen atoms in total. The molecule has 0 atom stereocenters. The summed E-state index contributed by atoms with van der Waals surface area (Å²) in [5.74, 6) is -1.52. The Balaban J connectivity index is 1.47. The Morgan fingerprint density at radius 2 is 1.88 bits per heavy atom. The number of halogens is 2. The lowest BCUT2D eigenvalue weighted by molar-refractivity contribution is 0.0391. The number of aromatic nitrogens is 1. The van der Waals surface area contributed by atoms with Crippen LogP contribution in [-0.2, 0) is 17.6 Å². The van der Waals surface area contributed by atoms with Crippen LogP contribution in [0, 0.1) is 11.6 Å². The van der Waals surface area contributed by atoms with E-state index in [2.05, 4.69) is 16.0 Å². The van der Waals surface area contributed by atoms with E-state index in [1.807, 2.05) is 12.1 Å². The van der Waals surface area contributed by atoms with E-state index in [0.717, 1.165) is 49.8 Å². The zero-order chi connectivity index (χ0) is 22.1. The number of rotatable bonds is 5. The van der Waals surface area contributed by atoms with Crippen molar-refractivity contribution >= 4 is 32.6 Å². The molecule has 2 aliphatic rings. The molecule has 0 spiro atoms. The normalized spacial score (nSPS) is 16.8. The SMILES string of the molecule is O=C(c1ccc2c(c1)CCCC2)N(CCN1CCOCC1)c1nc2c(F)cc(F)cc2s1. The van der Waals surface area contributed by atoms with Gasteiger partial charge in [-0.3, -0.25) is 14.6 Å². The number of nitrogens with zero attached hydrogens (tertiary/aromatic N) is 3. The second-order valence-corrected chi connectivity index (χ2v) is 9.34. The quantitative estimate of drug-likeness (QED) is 0.569. The van der Waals surface area contributed by atoms with E-state index >= 15 is 0 Å². The molecule has 168 valence electrons. The zero-order valence-corrected chi connectivity index (χ0v) is 18.6. The third-order valence-electron chi connectivity index (χ3n) is 6.22. The van der Waals surface area contributed by atoms with E-state index < -0.39 is 11.6 Å². The lowest BCUT2D eigenvalue weighted by Crippen LogP contribution is -2.43. The number of morpholine rings is 1. The monoisotopic (exact) mass is 457 g/mol. The van der Waals surface area contributed by atoms with Crippen LogP contribution in [-0.4, -0.2) is 55.2 Å². The molecule has 2 heterocycles. The lowest BCUT2D eigenvalue weighted by atomic mass is 9.90. The number of amides is 1. The Morgan fingerprint density at radius 1 is 1.09 bits per heavy atom. The summed E-state index contributed by atoms with van der Waals surface area (Å²) >= 11 is 1.14. The van der Waals surface area contributed by atoms with Crippen molar-refractivity contribution < 1.29 is 18.3 Å². The second-order valence-electron chi connectivity index (χ2n) is 8.33. The lowest BCUT2D eigenvalue weighted by Gasteiger charge is -2.29. The van der Waals surface area contributed by atoms with Crippen LogP contribution in [0.3, 0.4) is 0 Å². The second kappa shape index (κ2) is 9.21. The average Bonchev–Trinajstić information content (AvgIpc) is 3.23. The predicted molar refractivity (Wildman–Crippen MR) is 122 cm³/mol. The van der Waals surface area contributed by atoms with Crippen LogP contribution in [0.5, 0.6) is 0 Å². The Hall–Kier alpha value is -2.42. The summed E-state index contributed by atoms with van der Waals surface area (Å²) in [6, 6.07) is 8.02. The zero-order valence-electron chi connectivity index (χ0n) is 17.8. The van der Waals surface area contributed by atoms with Gasteiger partial charge < -0.3 is 4.74 Å². The number of carbonyl (C=O) groups excluding carboxylic acids is 1. The van der Waals surface area contributed by atoms with Crippen LogP contribution >= 0.6 is 11.3 Å². The number of aryl methyl sites for hydroxylation is 2. The molecule has 1 aromatic heterocycles. The first-order valence-corrected chi connectivity index (χ1v) is 11.9. The van der Waals surface area contributed by atoms with E-state index in [-0.39, 0.29) is 11.4 Å². The molecule has 8 heteroatoms. The average molecular weight is 458 g/mol. The first kappa shape index (κ1) is 21.4. The number of ether oxygens (including phenoxy) is 1. The molecule has 0 unspecified atom stereocenters. The van der Waals surface area contributed by atoms with Crippen molar-refractivity contribution in [3.63, 3.8) is 0 Å². The van der Waals surface area contributed by atoms with Crippen LogP contribution in [0.25, 0.3) is 10.2 Å². The van der Waals surface area contributed by atoms with Crippen molar-refractivity contribution in [3.8, 4) is 0 Å². The minimum absolute atomic E-state index is 0.0982. The van der Waals surface area contributed by atoms with Crippen LogP contribution < -0.4 is 4.90 Å². The Bertz CT molecular complexity index is 1140. The third-order valence-corrected chi connectivity index (χ3v) is 7.24. The number of anilines is 1. The molecule has 0 radical (unpaired) electrons. The van der Waals surface area contributed by atoms with E-state index in [9.17, 15) is 13.6 Å². The Kier molecular flexibility index (Phi) is 6.17. The van der Waals surface area contributed by atoms with Crippen molar-refractivity contribution in [2.24, 2.45) is 0 Å². The van der Waals surface area contributed by atoms with E-state index in [1.54, 1.807) is 4.90 Å². The Labute approximate surface area is 189 Å². The summed E-state index contributed by atoms with van der Waals surface area (Å²) in [6.07, 6.45) is 4.34. The molecule has 0 saturated carbocycles. The van der Waals surface area contributed by atoms with Gasteiger partial charge in [-0.2, -0.15) is 0 Å². The molecule has 0 N–H and O–H groups in total. The van der Waals surface area contributed by atoms with Crippen LogP contribution in [0.15, 0.2) is 30.3 Å². The highest BCUT2D eigenvalue weighted by Crippen LogP contribution is 2.32. The van der Waals surface area contributed by atoms with Crippen molar-refractivity contribution in [1.29, 1.82) is 0 Å². The maximum atomic E-state index is 14.3. The fourth-order valence-electron chi connectivity index (χ4n) is 4.43. The molecule has 5 rings (SSSR count). The highest BCUT2D eigenvalue weighted by molar-refractivity contribution is 7.22. The van der Waals surface area contributed by atoms with Crippen molar-refractivity contribution in [2.45, 2.75) is 25.7 Å². The van der Waals surface area contributed by atoms with Gasteiger partial charge in [0, 0.05) is 37.8 Å². The molecule has 1 amide bonds. The van der Waals surface area contributed by atoms with Crippen LogP contribution in [0.4, 0.5) is 13.9 Å². The minimum atomic E-state index is -0.711. The molecule has 0 bridgehead atoms. The maximum Gasteiger partial charge on any atom is 0.260 e. The number of fused-ring (bicyclic) bond motifs is 2. The van der Waals surface area contributed by atoms with E-state index in [4.69, 9.17) is 4.74 Å². The summed E-state index contributed by atoms with van der Waals surface area (Å²) < 4.78 is 33.8. The molecule has 3 aromatic rings. The van der Waals surface area contributed by atoms with Crippen LogP contribution in [0.2, 0.25) is 0 Å². The fourth-order valence-corrected chi connectivity index (χ4v) is 5.46. The molecule has 1 fully saturated rings. The summed E-state index contributed by atoms with van der Waals surface area (Å²) in [5.41, 5.74) is 3.25. The van der Waals surface area contributed by atoms with Gasteiger partial charge in [-0.05, 0) is 55.0 Å². The highest BCUT2D eigenvalue weighted by atomic mass is 32.1. The minimum Gasteiger partial charge on any atom is -0.379 e. The molecule has 1 aliphatic heterocycles. The molecular formula is C24H25F2N3O2S. The largest absolute Gasteiger partial charge is 0.379 e. The molecule has 2 aromatic carbocycles. The van der Waals surface area contributed by atoms with Gasteiger partial charge in [-0.25, -0.2) is 13.8 Å². The van der Waals surface area contributed by atoms with Crippen molar-refractivity contribution in [1.82, 2.24) is 9.88 Å². The van der Waals surface area contributed by atoms with Gasteiger partial charge in [-0.1, -0.05) is 17.4 Å². The smallest absolute Gasteiger partial charge is 0.260 e. The number of benzene rings is 2. The Morgan fingerprint density at radius 3 is 2.69 bits per heavy atom. The van der Waals surface area contributed by atoms with Gasteiger partial charge >= 0.3 is 0 Å². The van der Waals surface area contributed by atoms with E-state index in [1.165, 1.54) is 23.6 Å². The van der Waals surface area contributed by atoms with E-state index in [0.29, 0.717) is 41.7 Å². The van der Waals surface area contributed by atoms with Gasteiger partial charge in [0.1, 0.15) is 11.3 Å². The summed E-state index contributed by atoms with van der Waals surface area (Å²) in [7, 11) is 0. The summed E-state index contributed by atoms with van der Waals surface area (Å²) in [5, 5.41) is 0.389. The first-order chi connectivity index (χ1) is 15.6. The topological polar surface area (TPSA) is 45.7 Å². The van der Waals surface area contributed by atoms with Gasteiger partial charge in [0.2, 0.25) is 0 Å². The number of carbonyl (C=O) groups is 1. The number of hydrogen-bond donors (Lipinski definition) is 0. The molecule has 32 heavy (non-hydrogen) atoms. The van der Waals surface area contributed by atoms with Crippen LogP contribution in [0.1, 0.15) is 34.3 Å². The number of thiazole rings is 1. The first-order valence-electron chi connectivity index (χ1n) is 11.1. The highest BCUT2D eigenvalue weighted by Gasteiger charge is 2.25.